The van der Waals surface area contributed by atoms with E-state index in [4.69, 9.17) is 5.26 Å². The number of H-pyrrole nitrogens is 1. The number of alkyl halides is 3. The fourth-order valence-electron chi connectivity index (χ4n) is 3.26. The van der Waals surface area contributed by atoms with Gasteiger partial charge in [0.1, 0.15) is 17.5 Å². The van der Waals surface area contributed by atoms with Crippen molar-refractivity contribution in [3.8, 4) is 6.07 Å². The zero-order valence-electron chi connectivity index (χ0n) is 15.7. The topological polar surface area (TPSA) is 77.4 Å². The van der Waals surface area contributed by atoms with Gasteiger partial charge in [0.15, 0.2) is 0 Å². The Morgan fingerprint density at radius 1 is 1.03 bits per heavy atom. The summed E-state index contributed by atoms with van der Waals surface area (Å²) in [5, 5.41) is 12.9. The maximum atomic E-state index is 13.1. The molecule has 4 rings (SSSR count). The van der Waals surface area contributed by atoms with Crippen LogP contribution < -0.4 is 5.32 Å². The van der Waals surface area contributed by atoms with E-state index < -0.39 is 11.7 Å². The average Bonchev–Trinajstić information content (AvgIpc) is 3.14. The molecule has 5 nitrogen and oxygen atoms in total. The molecule has 0 saturated heterocycles. The molecule has 1 aromatic carbocycles. The standard InChI is InChI=1S/C22H16F3N5/c23-22(24,25)19-4-2-1-3-16(19)12-28-20-6-5-14(10-27-20)7-17-13-30-21-18(17)8-15(9-26)11-29-21/h1-6,8,10-11,13H,7,12H2,(H,27,28)(H,29,30). The molecule has 4 aromatic rings. The Morgan fingerprint density at radius 2 is 1.87 bits per heavy atom. The number of benzene rings is 1. The second-order valence-corrected chi connectivity index (χ2v) is 6.78. The third kappa shape index (κ3) is 4.10. The van der Waals surface area contributed by atoms with E-state index >= 15 is 0 Å². The minimum atomic E-state index is -4.39. The first-order valence-electron chi connectivity index (χ1n) is 9.14. The summed E-state index contributed by atoms with van der Waals surface area (Å²) in [5.74, 6) is 0.489. The maximum Gasteiger partial charge on any atom is 0.416 e. The fraction of sp³-hybridized carbons (Fsp3) is 0.136. The first-order chi connectivity index (χ1) is 14.4. The van der Waals surface area contributed by atoms with Crippen LogP contribution in [0.3, 0.4) is 0 Å². The van der Waals surface area contributed by atoms with Gasteiger partial charge in [-0.25, -0.2) is 9.97 Å². The van der Waals surface area contributed by atoms with Gasteiger partial charge < -0.3 is 10.3 Å². The Morgan fingerprint density at radius 3 is 2.60 bits per heavy atom. The molecule has 0 radical (unpaired) electrons. The lowest BCUT2D eigenvalue weighted by Gasteiger charge is -2.13. The molecule has 0 aliphatic heterocycles. The lowest BCUT2D eigenvalue weighted by molar-refractivity contribution is -0.138. The van der Waals surface area contributed by atoms with Crippen LogP contribution in [0.5, 0.6) is 0 Å². The number of halogens is 3. The quantitative estimate of drug-likeness (QED) is 0.485. The van der Waals surface area contributed by atoms with Crippen molar-refractivity contribution in [2.24, 2.45) is 0 Å². The molecule has 0 spiro atoms. The molecule has 8 heteroatoms. The van der Waals surface area contributed by atoms with Crippen molar-refractivity contribution >= 4 is 16.9 Å². The van der Waals surface area contributed by atoms with Crippen molar-refractivity contribution < 1.29 is 13.2 Å². The monoisotopic (exact) mass is 407 g/mol. The minimum absolute atomic E-state index is 0.0209. The molecular formula is C22H16F3N5. The van der Waals surface area contributed by atoms with Gasteiger partial charge in [0.2, 0.25) is 0 Å². The zero-order chi connectivity index (χ0) is 21.1. The Hall–Kier alpha value is -3.86. The second kappa shape index (κ2) is 7.87. The van der Waals surface area contributed by atoms with Gasteiger partial charge in [-0.3, -0.25) is 0 Å². The molecule has 0 saturated carbocycles. The van der Waals surface area contributed by atoms with Gasteiger partial charge in [0.05, 0.1) is 11.1 Å². The highest BCUT2D eigenvalue weighted by Crippen LogP contribution is 2.32. The van der Waals surface area contributed by atoms with E-state index in [0.29, 0.717) is 23.4 Å². The molecule has 0 unspecified atom stereocenters. The number of hydrogen-bond acceptors (Lipinski definition) is 4. The van der Waals surface area contributed by atoms with Gasteiger partial charge in [-0.1, -0.05) is 24.3 Å². The molecule has 2 N–H and O–H groups in total. The maximum absolute atomic E-state index is 13.1. The smallest absolute Gasteiger partial charge is 0.366 e. The number of pyridine rings is 2. The predicted molar refractivity (Wildman–Crippen MR) is 107 cm³/mol. The van der Waals surface area contributed by atoms with Crippen LogP contribution in [0.25, 0.3) is 11.0 Å². The van der Waals surface area contributed by atoms with E-state index in [-0.39, 0.29) is 12.1 Å². The highest BCUT2D eigenvalue weighted by atomic mass is 19.4. The van der Waals surface area contributed by atoms with E-state index in [0.717, 1.165) is 22.6 Å². The summed E-state index contributed by atoms with van der Waals surface area (Å²) in [7, 11) is 0. The molecule has 0 amide bonds. The van der Waals surface area contributed by atoms with E-state index in [9.17, 15) is 13.2 Å². The van der Waals surface area contributed by atoms with Crippen LogP contribution in [0.2, 0.25) is 0 Å². The number of nitrogens with zero attached hydrogens (tertiary/aromatic N) is 3. The van der Waals surface area contributed by atoms with Gasteiger partial charge in [-0.15, -0.1) is 0 Å². The van der Waals surface area contributed by atoms with Crippen LogP contribution in [-0.4, -0.2) is 15.0 Å². The summed E-state index contributed by atoms with van der Waals surface area (Å²) in [6.45, 7) is 0.0209. The SMILES string of the molecule is N#Cc1cnc2[nH]cc(Cc3ccc(NCc4ccccc4C(F)(F)F)nc3)c2c1. The van der Waals surface area contributed by atoms with Crippen LogP contribution in [-0.2, 0) is 19.1 Å². The second-order valence-electron chi connectivity index (χ2n) is 6.78. The average molecular weight is 407 g/mol. The minimum Gasteiger partial charge on any atom is -0.366 e. The number of aromatic amines is 1. The Kier molecular flexibility index (Phi) is 5.11. The van der Waals surface area contributed by atoms with E-state index in [1.165, 1.54) is 18.3 Å². The van der Waals surface area contributed by atoms with Gasteiger partial charge in [-0.05, 0) is 34.9 Å². The summed E-state index contributed by atoms with van der Waals surface area (Å²) in [4.78, 5) is 11.6. The van der Waals surface area contributed by atoms with Crippen LogP contribution >= 0.6 is 0 Å². The molecular weight excluding hydrogens is 391 g/mol. The first kappa shape index (κ1) is 19.5. The van der Waals surface area contributed by atoms with E-state index in [1.807, 2.05) is 12.3 Å². The van der Waals surface area contributed by atoms with Crippen LogP contribution in [0.4, 0.5) is 19.0 Å². The first-order valence-corrected chi connectivity index (χ1v) is 9.14. The van der Waals surface area contributed by atoms with Gasteiger partial charge >= 0.3 is 6.18 Å². The largest absolute Gasteiger partial charge is 0.416 e. The van der Waals surface area contributed by atoms with Crippen LogP contribution in [0.1, 0.15) is 27.8 Å². The number of aromatic nitrogens is 3. The molecule has 0 bridgehead atoms. The Labute approximate surface area is 170 Å². The third-order valence-corrected chi connectivity index (χ3v) is 4.75. The highest BCUT2D eigenvalue weighted by Gasteiger charge is 2.32. The molecule has 0 aliphatic carbocycles. The van der Waals surface area contributed by atoms with Crippen molar-refractivity contribution in [2.45, 2.75) is 19.1 Å². The summed E-state index contributed by atoms with van der Waals surface area (Å²) in [6.07, 6.45) is 1.23. The summed E-state index contributed by atoms with van der Waals surface area (Å²) in [6, 6.07) is 12.9. The number of rotatable bonds is 5. The molecule has 150 valence electrons. The lowest BCUT2D eigenvalue weighted by Crippen LogP contribution is -2.12. The van der Waals surface area contributed by atoms with Crippen molar-refractivity contribution in [2.75, 3.05) is 5.32 Å². The number of nitriles is 1. The van der Waals surface area contributed by atoms with E-state index in [2.05, 4.69) is 26.3 Å². The third-order valence-electron chi connectivity index (χ3n) is 4.75. The lowest BCUT2D eigenvalue weighted by atomic mass is 10.1. The zero-order valence-corrected chi connectivity index (χ0v) is 15.7. The van der Waals surface area contributed by atoms with Crippen molar-refractivity contribution in [1.29, 1.82) is 5.26 Å². The molecule has 0 aliphatic rings. The number of anilines is 1. The molecule has 0 fully saturated rings. The number of hydrogen-bond donors (Lipinski definition) is 2. The van der Waals surface area contributed by atoms with Crippen molar-refractivity contribution in [1.82, 2.24) is 15.0 Å². The van der Waals surface area contributed by atoms with Crippen LogP contribution in [0, 0.1) is 11.3 Å². The Balaban J connectivity index is 1.46. The molecule has 3 heterocycles. The van der Waals surface area contributed by atoms with Gasteiger partial charge in [0, 0.05) is 36.9 Å². The van der Waals surface area contributed by atoms with Crippen LogP contribution in [0.15, 0.2) is 61.1 Å². The van der Waals surface area contributed by atoms with Gasteiger partial charge in [-0.2, -0.15) is 18.4 Å². The number of nitrogens with one attached hydrogen (secondary N) is 2. The predicted octanol–water partition coefficient (Wildman–Crippen LogP) is 5.05. The highest BCUT2D eigenvalue weighted by molar-refractivity contribution is 5.81. The van der Waals surface area contributed by atoms with Crippen molar-refractivity contribution in [3.05, 3.63) is 88.9 Å². The molecule has 0 atom stereocenters. The summed E-state index contributed by atoms with van der Waals surface area (Å²) in [5.41, 5.74) is 2.61. The normalized spacial score (nSPS) is 11.4. The summed E-state index contributed by atoms with van der Waals surface area (Å²) < 4.78 is 39.3. The van der Waals surface area contributed by atoms with E-state index in [1.54, 1.807) is 24.4 Å². The van der Waals surface area contributed by atoms with Gasteiger partial charge in [0.25, 0.3) is 0 Å². The fourth-order valence-corrected chi connectivity index (χ4v) is 3.26. The number of fused-ring (bicyclic) bond motifs is 1. The molecule has 3 aromatic heterocycles. The molecule has 30 heavy (non-hydrogen) atoms. The van der Waals surface area contributed by atoms with Crippen molar-refractivity contribution in [3.63, 3.8) is 0 Å². The summed E-state index contributed by atoms with van der Waals surface area (Å²) >= 11 is 0. The Bertz CT molecular complexity index is 1220.